The van der Waals surface area contributed by atoms with Crippen molar-refractivity contribution in [1.29, 1.82) is 0 Å². The van der Waals surface area contributed by atoms with Crippen molar-refractivity contribution < 1.29 is 4.79 Å². The van der Waals surface area contributed by atoms with Crippen molar-refractivity contribution in [3.05, 3.63) is 35.4 Å². The lowest BCUT2D eigenvalue weighted by Gasteiger charge is -2.19. The molecule has 2 unspecified atom stereocenters. The Labute approximate surface area is 127 Å². The molecule has 1 aliphatic rings. The van der Waals surface area contributed by atoms with Gasteiger partial charge in [-0.05, 0) is 44.0 Å². The first-order valence-corrected chi connectivity index (χ1v) is 7.90. The fourth-order valence-electron chi connectivity index (χ4n) is 2.65. The molecule has 0 saturated carbocycles. The first-order valence-electron chi connectivity index (χ1n) is 7.90. The number of hydrogen-bond acceptors (Lipinski definition) is 3. The topological polar surface area (TPSA) is 58.4 Å². The Bertz CT molecular complexity index is 467. The van der Waals surface area contributed by atoms with E-state index in [1.54, 1.807) is 0 Å². The first-order chi connectivity index (χ1) is 10.1. The smallest absolute Gasteiger partial charge is 0.224 e. The standard InChI is InChI=1S/C17H27N3O/c1-13(14(2)18)17(21)19-11-15-7-3-4-8-16(15)12-20-9-5-6-10-20/h3-4,7-8,13-14H,5-6,9-12,18H2,1-2H3,(H,19,21). The highest BCUT2D eigenvalue weighted by molar-refractivity contribution is 5.78. The zero-order valence-electron chi connectivity index (χ0n) is 13.1. The van der Waals surface area contributed by atoms with E-state index < -0.39 is 0 Å². The Kier molecular flexibility index (Phi) is 5.76. The Morgan fingerprint density at radius 2 is 1.86 bits per heavy atom. The monoisotopic (exact) mass is 289 g/mol. The van der Waals surface area contributed by atoms with Crippen LogP contribution in [0.2, 0.25) is 0 Å². The fraction of sp³-hybridized carbons (Fsp3) is 0.588. The van der Waals surface area contributed by atoms with E-state index in [0.29, 0.717) is 6.54 Å². The number of amides is 1. The quantitative estimate of drug-likeness (QED) is 0.840. The highest BCUT2D eigenvalue weighted by Gasteiger charge is 2.17. The van der Waals surface area contributed by atoms with E-state index in [1.165, 1.54) is 37.1 Å². The molecule has 0 aliphatic carbocycles. The fourth-order valence-corrected chi connectivity index (χ4v) is 2.65. The molecule has 0 spiro atoms. The summed E-state index contributed by atoms with van der Waals surface area (Å²) in [7, 11) is 0. The van der Waals surface area contributed by atoms with Gasteiger partial charge in [0, 0.05) is 25.0 Å². The number of likely N-dealkylation sites (tertiary alicyclic amines) is 1. The molecule has 1 aromatic carbocycles. The van der Waals surface area contributed by atoms with Gasteiger partial charge in [-0.25, -0.2) is 0 Å². The van der Waals surface area contributed by atoms with Gasteiger partial charge in [-0.15, -0.1) is 0 Å². The van der Waals surface area contributed by atoms with Crippen LogP contribution in [0.5, 0.6) is 0 Å². The van der Waals surface area contributed by atoms with Gasteiger partial charge in [0.25, 0.3) is 0 Å². The molecule has 2 rings (SSSR count). The van der Waals surface area contributed by atoms with Crippen molar-refractivity contribution in [2.24, 2.45) is 11.7 Å². The first kappa shape index (κ1) is 16.0. The average Bonchev–Trinajstić information content (AvgIpc) is 2.98. The van der Waals surface area contributed by atoms with Gasteiger partial charge in [0.15, 0.2) is 0 Å². The molecular formula is C17H27N3O. The summed E-state index contributed by atoms with van der Waals surface area (Å²) >= 11 is 0. The van der Waals surface area contributed by atoms with Crippen LogP contribution in [-0.2, 0) is 17.9 Å². The summed E-state index contributed by atoms with van der Waals surface area (Å²) in [5.74, 6) is -0.128. The van der Waals surface area contributed by atoms with Gasteiger partial charge in [0.1, 0.15) is 0 Å². The van der Waals surface area contributed by atoms with Crippen LogP contribution in [0.15, 0.2) is 24.3 Å². The van der Waals surface area contributed by atoms with E-state index in [2.05, 4.69) is 28.4 Å². The number of nitrogens with one attached hydrogen (secondary N) is 1. The van der Waals surface area contributed by atoms with Crippen molar-refractivity contribution >= 4 is 5.91 Å². The third-order valence-corrected chi connectivity index (χ3v) is 4.37. The Morgan fingerprint density at radius 1 is 1.24 bits per heavy atom. The molecule has 4 nitrogen and oxygen atoms in total. The lowest BCUT2D eigenvalue weighted by Crippen LogP contribution is -2.38. The number of rotatable bonds is 6. The molecule has 1 fully saturated rings. The third kappa shape index (κ3) is 4.55. The van der Waals surface area contributed by atoms with Crippen molar-refractivity contribution in [1.82, 2.24) is 10.2 Å². The second-order valence-corrected chi connectivity index (χ2v) is 6.12. The maximum Gasteiger partial charge on any atom is 0.224 e. The predicted octanol–water partition coefficient (Wildman–Crippen LogP) is 1.88. The molecule has 1 amide bonds. The summed E-state index contributed by atoms with van der Waals surface area (Å²) in [6.07, 6.45) is 2.59. The van der Waals surface area contributed by atoms with E-state index in [0.717, 1.165) is 6.54 Å². The van der Waals surface area contributed by atoms with E-state index in [-0.39, 0.29) is 17.9 Å². The Balaban J connectivity index is 1.94. The van der Waals surface area contributed by atoms with Gasteiger partial charge < -0.3 is 11.1 Å². The molecule has 1 aliphatic heterocycles. The number of nitrogens with two attached hydrogens (primary N) is 1. The minimum Gasteiger partial charge on any atom is -0.352 e. The highest BCUT2D eigenvalue weighted by atomic mass is 16.1. The van der Waals surface area contributed by atoms with Crippen LogP contribution in [0.1, 0.15) is 37.8 Å². The zero-order chi connectivity index (χ0) is 15.2. The van der Waals surface area contributed by atoms with Crippen LogP contribution in [0, 0.1) is 5.92 Å². The average molecular weight is 289 g/mol. The van der Waals surface area contributed by atoms with Crippen molar-refractivity contribution in [3.8, 4) is 0 Å². The summed E-state index contributed by atoms with van der Waals surface area (Å²) in [4.78, 5) is 14.5. The van der Waals surface area contributed by atoms with Gasteiger partial charge in [0.05, 0.1) is 0 Å². The van der Waals surface area contributed by atoms with Crippen LogP contribution >= 0.6 is 0 Å². The second kappa shape index (κ2) is 7.57. The molecular weight excluding hydrogens is 262 g/mol. The normalized spacial score (nSPS) is 18.4. The van der Waals surface area contributed by atoms with E-state index in [4.69, 9.17) is 5.73 Å². The predicted molar refractivity (Wildman–Crippen MR) is 85.6 cm³/mol. The molecule has 21 heavy (non-hydrogen) atoms. The van der Waals surface area contributed by atoms with E-state index in [9.17, 15) is 4.79 Å². The molecule has 1 saturated heterocycles. The number of benzene rings is 1. The summed E-state index contributed by atoms with van der Waals surface area (Å²) in [5.41, 5.74) is 8.29. The SMILES string of the molecule is CC(N)C(C)C(=O)NCc1ccccc1CN1CCCC1. The largest absolute Gasteiger partial charge is 0.352 e. The van der Waals surface area contributed by atoms with E-state index in [1.807, 2.05) is 19.9 Å². The molecule has 0 bridgehead atoms. The minimum absolute atomic E-state index is 0.0287. The van der Waals surface area contributed by atoms with Crippen molar-refractivity contribution in [2.75, 3.05) is 13.1 Å². The van der Waals surface area contributed by atoms with Crippen LogP contribution in [0.3, 0.4) is 0 Å². The number of hydrogen-bond donors (Lipinski definition) is 2. The van der Waals surface area contributed by atoms with E-state index >= 15 is 0 Å². The number of carbonyl (C=O) groups is 1. The summed E-state index contributed by atoms with van der Waals surface area (Å²) < 4.78 is 0. The summed E-state index contributed by atoms with van der Waals surface area (Å²) in [6.45, 7) is 7.67. The summed E-state index contributed by atoms with van der Waals surface area (Å²) in [6, 6.07) is 8.24. The molecule has 1 heterocycles. The lowest BCUT2D eigenvalue weighted by molar-refractivity contribution is -0.125. The molecule has 3 N–H and O–H groups in total. The number of nitrogens with zero attached hydrogens (tertiary/aromatic N) is 1. The molecule has 0 aromatic heterocycles. The number of carbonyl (C=O) groups excluding carboxylic acids is 1. The lowest BCUT2D eigenvalue weighted by atomic mass is 10.0. The third-order valence-electron chi connectivity index (χ3n) is 4.37. The summed E-state index contributed by atoms with van der Waals surface area (Å²) in [5, 5.41) is 3.01. The second-order valence-electron chi connectivity index (χ2n) is 6.12. The Hall–Kier alpha value is -1.39. The van der Waals surface area contributed by atoms with Crippen LogP contribution in [-0.4, -0.2) is 29.9 Å². The van der Waals surface area contributed by atoms with Gasteiger partial charge in [0.2, 0.25) is 5.91 Å². The Morgan fingerprint density at radius 3 is 2.48 bits per heavy atom. The zero-order valence-corrected chi connectivity index (χ0v) is 13.1. The van der Waals surface area contributed by atoms with Gasteiger partial charge in [-0.2, -0.15) is 0 Å². The van der Waals surface area contributed by atoms with Crippen molar-refractivity contribution in [2.45, 2.75) is 45.8 Å². The highest BCUT2D eigenvalue weighted by Crippen LogP contribution is 2.16. The maximum absolute atomic E-state index is 12.0. The molecule has 1 aromatic rings. The van der Waals surface area contributed by atoms with Crippen LogP contribution in [0.4, 0.5) is 0 Å². The molecule has 4 heteroatoms. The van der Waals surface area contributed by atoms with Crippen LogP contribution < -0.4 is 11.1 Å². The maximum atomic E-state index is 12.0. The molecule has 116 valence electrons. The van der Waals surface area contributed by atoms with Gasteiger partial charge in [-0.1, -0.05) is 31.2 Å². The molecule has 0 radical (unpaired) electrons. The minimum atomic E-state index is -0.157. The van der Waals surface area contributed by atoms with Crippen molar-refractivity contribution in [3.63, 3.8) is 0 Å². The van der Waals surface area contributed by atoms with Gasteiger partial charge >= 0.3 is 0 Å². The van der Waals surface area contributed by atoms with Crippen LogP contribution in [0.25, 0.3) is 0 Å². The van der Waals surface area contributed by atoms with Gasteiger partial charge in [-0.3, -0.25) is 9.69 Å². The molecule has 2 atom stereocenters.